The molecule has 0 aromatic heterocycles. The first-order chi connectivity index (χ1) is 12.8. The number of benzene rings is 1. The highest BCUT2D eigenvalue weighted by atomic mass is 32.2. The van der Waals surface area contributed by atoms with Crippen molar-refractivity contribution in [2.75, 3.05) is 32.4 Å². The van der Waals surface area contributed by atoms with E-state index in [1.54, 1.807) is 33.7 Å². The summed E-state index contributed by atoms with van der Waals surface area (Å²) in [6, 6.07) is 8.24. The van der Waals surface area contributed by atoms with Crippen molar-refractivity contribution < 1.29 is 14.3 Å². The first-order valence-corrected chi connectivity index (χ1v) is 10.3. The molecule has 1 aliphatic heterocycles. The molecule has 2 rings (SSSR count). The Hall–Kier alpha value is -2.21. The summed E-state index contributed by atoms with van der Waals surface area (Å²) >= 11 is 1.71. The highest BCUT2D eigenvalue weighted by Crippen LogP contribution is 2.15. The van der Waals surface area contributed by atoms with Crippen LogP contribution in [0.3, 0.4) is 0 Å². The van der Waals surface area contributed by atoms with Gasteiger partial charge in [-0.25, -0.2) is 4.79 Å². The molecule has 1 aromatic carbocycles. The van der Waals surface area contributed by atoms with Crippen molar-refractivity contribution >= 4 is 29.8 Å². The van der Waals surface area contributed by atoms with Crippen molar-refractivity contribution in [1.82, 2.24) is 9.80 Å². The van der Waals surface area contributed by atoms with E-state index in [9.17, 15) is 9.59 Å². The lowest BCUT2D eigenvalue weighted by Crippen LogP contribution is -2.51. The van der Waals surface area contributed by atoms with Crippen LogP contribution in [0.5, 0.6) is 0 Å². The van der Waals surface area contributed by atoms with Crippen LogP contribution in [-0.4, -0.2) is 59.8 Å². The van der Waals surface area contributed by atoms with E-state index >= 15 is 0 Å². The number of hydrogen-bond donors (Lipinski definition) is 0. The third-order valence-corrected chi connectivity index (χ3v) is 4.74. The smallest absolute Gasteiger partial charge is 0.410 e. The molecule has 0 spiro atoms. The topological polar surface area (TPSA) is 49.9 Å². The molecule has 0 saturated carbocycles. The second-order valence-corrected chi connectivity index (χ2v) is 8.16. The molecule has 1 heterocycles. The average molecular weight is 389 g/mol. The minimum Gasteiger partial charge on any atom is -0.444 e. The zero-order valence-electron chi connectivity index (χ0n) is 16.5. The van der Waals surface area contributed by atoms with Crippen molar-refractivity contribution in [3.63, 3.8) is 0 Å². The molecular formula is C21H28N2O3S. The lowest BCUT2D eigenvalue weighted by atomic mass is 10.2. The van der Waals surface area contributed by atoms with Gasteiger partial charge >= 0.3 is 6.09 Å². The third kappa shape index (κ3) is 7.13. The number of hydrogen-bond acceptors (Lipinski definition) is 4. The lowest BCUT2D eigenvalue weighted by molar-refractivity contribution is -0.127. The number of nitrogens with zero attached hydrogens (tertiary/aromatic N) is 2. The van der Waals surface area contributed by atoms with E-state index in [-0.39, 0.29) is 12.0 Å². The maximum atomic E-state index is 12.3. The number of carbonyl (C=O) groups excluding carboxylic acids is 2. The molecule has 146 valence electrons. The van der Waals surface area contributed by atoms with Crippen LogP contribution < -0.4 is 0 Å². The molecule has 0 unspecified atom stereocenters. The van der Waals surface area contributed by atoms with E-state index in [1.165, 1.54) is 4.90 Å². The normalized spacial score (nSPS) is 15.6. The molecular weight excluding hydrogens is 360 g/mol. The Bertz CT molecular complexity index is 697. The van der Waals surface area contributed by atoms with E-state index in [4.69, 9.17) is 4.74 Å². The Morgan fingerprint density at radius 2 is 1.59 bits per heavy atom. The van der Waals surface area contributed by atoms with E-state index in [2.05, 4.69) is 12.1 Å². The van der Waals surface area contributed by atoms with Crippen molar-refractivity contribution in [3.05, 3.63) is 48.1 Å². The molecule has 0 radical (unpaired) electrons. The zero-order valence-corrected chi connectivity index (χ0v) is 17.3. The Morgan fingerprint density at radius 1 is 1.00 bits per heavy atom. The van der Waals surface area contributed by atoms with Crippen LogP contribution >= 0.6 is 11.8 Å². The largest absolute Gasteiger partial charge is 0.444 e. The number of allylic oxidation sites excluding steroid dienone is 2. The summed E-state index contributed by atoms with van der Waals surface area (Å²) in [6.07, 6.45) is 8.88. The first kappa shape index (κ1) is 21.1. The molecule has 1 saturated heterocycles. The van der Waals surface area contributed by atoms with E-state index < -0.39 is 5.60 Å². The van der Waals surface area contributed by atoms with Crippen LogP contribution in [-0.2, 0) is 9.53 Å². The standard InChI is InChI=1S/C21H28N2O3S/c1-21(2,3)26-20(25)23-15-13-22(14-16-23)19(24)8-6-5-7-17-9-11-18(27-4)12-10-17/h5-12H,13-16H2,1-4H3/b7-5+,8-6+. The van der Waals surface area contributed by atoms with Gasteiger partial charge in [0.25, 0.3) is 0 Å². The second-order valence-electron chi connectivity index (χ2n) is 7.28. The summed E-state index contributed by atoms with van der Waals surface area (Å²) in [4.78, 5) is 28.9. The summed E-state index contributed by atoms with van der Waals surface area (Å²) in [6.45, 7) is 7.56. The monoisotopic (exact) mass is 388 g/mol. The molecule has 0 N–H and O–H groups in total. The van der Waals surface area contributed by atoms with Gasteiger partial charge in [-0.3, -0.25) is 4.79 Å². The van der Waals surface area contributed by atoms with Crippen LogP contribution in [0.2, 0.25) is 0 Å². The Labute approximate surface area is 166 Å². The van der Waals surface area contributed by atoms with Crippen LogP contribution in [0, 0.1) is 0 Å². The number of carbonyl (C=O) groups is 2. The number of piperazine rings is 1. The van der Waals surface area contributed by atoms with Gasteiger partial charge in [-0.15, -0.1) is 11.8 Å². The average Bonchev–Trinajstić information content (AvgIpc) is 2.64. The number of thioether (sulfide) groups is 1. The summed E-state index contributed by atoms with van der Waals surface area (Å²) < 4.78 is 5.37. The molecule has 5 nitrogen and oxygen atoms in total. The predicted octanol–water partition coefficient (Wildman–Crippen LogP) is 4.06. The van der Waals surface area contributed by atoms with Gasteiger partial charge in [0.15, 0.2) is 0 Å². The molecule has 27 heavy (non-hydrogen) atoms. The fourth-order valence-corrected chi connectivity index (χ4v) is 2.97. The predicted molar refractivity (Wildman–Crippen MR) is 111 cm³/mol. The van der Waals surface area contributed by atoms with Gasteiger partial charge in [0.2, 0.25) is 5.91 Å². The van der Waals surface area contributed by atoms with Crippen molar-refractivity contribution in [2.24, 2.45) is 0 Å². The Balaban J connectivity index is 1.79. The van der Waals surface area contributed by atoms with Crippen LogP contribution in [0.15, 0.2) is 47.4 Å². The number of ether oxygens (including phenoxy) is 1. The summed E-state index contributed by atoms with van der Waals surface area (Å²) in [5.41, 5.74) is 0.588. The lowest BCUT2D eigenvalue weighted by Gasteiger charge is -2.35. The van der Waals surface area contributed by atoms with Crippen molar-refractivity contribution in [1.29, 1.82) is 0 Å². The molecule has 0 atom stereocenters. The van der Waals surface area contributed by atoms with Gasteiger partial charge in [0.05, 0.1) is 0 Å². The molecule has 1 aliphatic rings. The third-order valence-electron chi connectivity index (χ3n) is 4.00. The zero-order chi connectivity index (χ0) is 19.9. The fourth-order valence-electron chi connectivity index (χ4n) is 2.56. The molecule has 1 fully saturated rings. The van der Waals surface area contributed by atoms with Crippen LogP contribution in [0.4, 0.5) is 4.79 Å². The summed E-state index contributed by atoms with van der Waals surface area (Å²) in [5.74, 6) is -0.0405. The van der Waals surface area contributed by atoms with Gasteiger partial charge in [-0.2, -0.15) is 0 Å². The Morgan fingerprint density at radius 3 is 2.15 bits per heavy atom. The summed E-state index contributed by atoms with van der Waals surface area (Å²) in [5, 5.41) is 0. The van der Waals surface area contributed by atoms with Crippen molar-refractivity contribution in [2.45, 2.75) is 31.3 Å². The van der Waals surface area contributed by atoms with E-state index in [0.29, 0.717) is 26.2 Å². The second kappa shape index (κ2) is 9.65. The van der Waals surface area contributed by atoms with E-state index in [1.807, 2.05) is 51.3 Å². The van der Waals surface area contributed by atoms with Crippen molar-refractivity contribution in [3.8, 4) is 0 Å². The molecule has 1 aromatic rings. The first-order valence-electron chi connectivity index (χ1n) is 9.04. The number of rotatable bonds is 4. The molecule has 0 bridgehead atoms. The molecule has 6 heteroatoms. The minimum absolute atomic E-state index is 0.0405. The maximum absolute atomic E-state index is 12.3. The van der Waals surface area contributed by atoms with Gasteiger partial charge in [0, 0.05) is 37.2 Å². The van der Waals surface area contributed by atoms with Crippen LogP contribution in [0.25, 0.3) is 6.08 Å². The van der Waals surface area contributed by atoms with Gasteiger partial charge in [0.1, 0.15) is 5.60 Å². The van der Waals surface area contributed by atoms with Gasteiger partial charge in [-0.05, 0) is 44.7 Å². The minimum atomic E-state index is -0.505. The highest BCUT2D eigenvalue weighted by molar-refractivity contribution is 7.98. The van der Waals surface area contributed by atoms with E-state index in [0.717, 1.165) is 5.56 Å². The van der Waals surface area contributed by atoms with Crippen LogP contribution in [0.1, 0.15) is 26.3 Å². The maximum Gasteiger partial charge on any atom is 0.410 e. The quantitative estimate of drug-likeness (QED) is 0.443. The van der Waals surface area contributed by atoms with Gasteiger partial charge in [-0.1, -0.05) is 30.4 Å². The van der Waals surface area contributed by atoms with Gasteiger partial charge < -0.3 is 14.5 Å². The highest BCUT2D eigenvalue weighted by Gasteiger charge is 2.26. The molecule has 2 amide bonds. The summed E-state index contributed by atoms with van der Waals surface area (Å²) in [7, 11) is 0. The Kier molecular flexibility index (Phi) is 7.54. The SMILES string of the molecule is CSc1ccc(/C=C/C=C/C(=O)N2CCN(C(=O)OC(C)(C)C)CC2)cc1. The fraction of sp³-hybridized carbons (Fsp3) is 0.429. The molecule has 0 aliphatic carbocycles. The number of amides is 2.